The Morgan fingerprint density at radius 2 is 1.93 bits per heavy atom. The van der Waals surface area contributed by atoms with Crippen LogP contribution in [0.2, 0.25) is 0 Å². The quantitative estimate of drug-likeness (QED) is 0.691. The molecule has 4 rings (SSSR count). The van der Waals surface area contributed by atoms with Crippen molar-refractivity contribution >= 4 is 11.0 Å². The van der Waals surface area contributed by atoms with Crippen LogP contribution < -0.4 is 0 Å². The lowest BCUT2D eigenvalue weighted by Gasteiger charge is -2.44. The first-order chi connectivity index (χ1) is 13.1. The van der Waals surface area contributed by atoms with Crippen LogP contribution in [0.1, 0.15) is 36.9 Å². The van der Waals surface area contributed by atoms with Crippen LogP contribution in [0.25, 0.3) is 22.3 Å². The highest BCUT2D eigenvalue weighted by Gasteiger charge is 2.41. The normalized spacial score (nSPS) is 22.4. The molecule has 0 unspecified atom stereocenters. The minimum atomic E-state index is -4.53. The van der Waals surface area contributed by atoms with Gasteiger partial charge in [0.1, 0.15) is 5.75 Å². The molecule has 0 aliphatic heterocycles. The van der Waals surface area contributed by atoms with Gasteiger partial charge in [0, 0.05) is 29.8 Å². The fourth-order valence-corrected chi connectivity index (χ4v) is 4.04. The third kappa shape index (κ3) is 3.01. The molecule has 1 aromatic carbocycles. The molecule has 0 atom stereocenters. The van der Waals surface area contributed by atoms with Crippen molar-refractivity contribution in [3.8, 4) is 17.0 Å². The van der Waals surface area contributed by atoms with E-state index in [1.54, 1.807) is 6.07 Å². The summed E-state index contributed by atoms with van der Waals surface area (Å²) in [7, 11) is 0. The van der Waals surface area contributed by atoms with Crippen LogP contribution >= 0.6 is 0 Å². The third-order valence-corrected chi connectivity index (χ3v) is 5.59. The summed E-state index contributed by atoms with van der Waals surface area (Å²) in [6, 6.07) is 5.53. The Bertz CT molecular complexity index is 1030. The fourth-order valence-electron chi connectivity index (χ4n) is 4.04. The molecule has 1 aliphatic carbocycles. The zero-order chi connectivity index (χ0) is 20.3. The van der Waals surface area contributed by atoms with Crippen molar-refractivity contribution in [1.29, 1.82) is 0 Å². The van der Waals surface area contributed by atoms with E-state index in [2.05, 4.69) is 10.2 Å². The van der Waals surface area contributed by atoms with Crippen molar-refractivity contribution in [3.05, 3.63) is 41.6 Å². The van der Waals surface area contributed by atoms with Crippen molar-refractivity contribution in [3.63, 3.8) is 0 Å². The zero-order valence-corrected chi connectivity index (χ0v) is 15.5. The number of hydrogen-bond acceptors (Lipinski definition) is 4. The number of aryl methyl sites for hydroxylation is 1. The van der Waals surface area contributed by atoms with E-state index in [1.165, 1.54) is 6.92 Å². The van der Waals surface area contributed by atoms with E-state index in [0.29, 0.717) is 17.4 Å². The predicted molar refractivity (Wildman–Crippen MR) is 97.8 cm³/mol. The van der Waals surface area contributed by atoms with Crippen molar-refractivity contribution in [2.75, 3.05) is 6.61 Å². The molecule has 2 aromatic heterocycles. The number of aliphatic hydroxyl groups is 1. The fraction of sp³-hybridized carbons (Fsp3) is 0.400. The van der Waals surface area contributed by atoms with Gasteiger partial charge < -0.3 is 14.8 Å². The molecule has 28 heavy (non-hydrogen) atoms. The number of phenols is 1. The molecule has 0 saturated heterocycles. The Hall–Kier alpha value is -2.61. The van der Waals surface area contributed by atoms with Gasteiger partial charge in [0.05, 0.1) is 11.3 Å². The van der Waals surface area contributed by atoms with E-state index >= 15 is 0 Å². The Morgan fingerprint density at radius 3 is 2.54 bits per heavy atom. The average Bonchev–Trinajstić information content (AvgIpc) is 3.00. The van der Waals surface area contributed by atoms with Crippen molar-refractivity contribution in [1.82, 2.24) is 14.8 Å². The average molecular weight is 391 g/mol. The van der Waals surface area contributed by atoms with Gasteiger partial charge in [-0.15, -0.1) is 10.2 Å². The van der Waals surface area contributed by atoms with Crippen LogP contribution in [-0.4, -0.2) is 31.6 Å². The summed E-state index contributed by atoms with van der Waals surface area (Å²) >= 11 is 0. The smallest absolute Gasteiger partial charge is 0.416 e. The molecule has 148 valence electrons. The molecule has 8 heteroatoms. The minimum Gasteiger partial charge on any atom is -0.507 e. The largest absolute Gasteiger partial charge is 0.507 e. The second-order valence-corrected chi connectivity index (χ2v) is 7.95. The zero-order valence-electron chi connectivity index (χ0n) is 15.5. The molecule has 1 saturated carbocycles. The number of benzene rings is 1. The number of aromatic hydroxyl groups is 1. The van der Waals surface area contributed by atoms with Gasteiger partial charge in [-0.05, 0) is 55.0 Å². The second kappa shape index (κ2) is 6.20. The van der Waals surface area contributed by atoms with Gasteiger partial charge in [-0.25, -0.2) is 0 Å². The summed E-state index contributed by atoms with van der Waals surface area (Å²) in [6.07, 6.45) is -0.936. The molecule has 5 nitrogen and oxygen atoms in total. The molecule has 0 bridgehead atoms. The maximum Gasteiger partial charge on any atom is 0.416 e. The van der Waals surface area contributed by atoms with E-state index < -0.39 is 17.5 Å². The summed E-state index contributed by atoms with van der Waals surface area (Å²) in [5.74, 6) is -0.474. The van der Waals surface area contributed by atoms with Gasteiger partial charge in [-0.2, -0.15) is 13.2 Å². The standard InChI is InChI=1S/C20H20F3N3O2/c1-11-5-13(20(21,22)23)7-16(28)17(11)15-6-12-3-4-26(18(12)25-24-15)14-8-19(2,9-14)10-27/h3-7,14,27-28H,8-10H2,1-2H3. The number of nitrogens with zero attached hydrogens (tertiary/aromatic N) is 3. The summed E-state index contributed by atoms with van der Waals surface area (Å²) in [4.78, 5) is 0. The van der Waals surface area contributed by atoms with Gasteiger partial charge in [0.25, 0.3) is 0 Å². The Morgan fingerprint density at radius 1 is 1.21 bits per heavy atom. The first kappa shape index (κ1) is 18.7. The van der Waals surface area contributed by atoms with Gasteiger partial charge in [0.2, 0.25) is 0 Å². The van der Waals surface area contributed by atoms with Gasteiger partial charge in [-0.1, -0.05) is 6.92 Å². The number of aromatic nitrogens is 3. The van der Waals surface area contributed by atoms with E-state index in [0.717, 1.165) is 24.3 Å². The number of phenolic OH excluding ortho intramolecular Hbond substituents is 1. The highest BCUT2D eigenvalue weighted by Crippen LogP contribution is 2.48. The minimum absolute atomic E-state index is 0.0717. The van der Waals surface area contributed by atoms with E-state index in [1.807, 2.05) is 23.8 Å². The molecular weight excluding hydrogens is 371 g/mol. The predicted octanol–water partition coefficient (Wildman–Crippen LogP) is 4.46. The van der Waals surface area contributed by atoms with Crippen LogP contribution in [0.3, 0.4) is 0 Å². The summed E-state index contributed by atoms with van der Waals surface area (Å²) in [5, 5.41) is 28.8. The van der Waals surface area contributed by atoms with Crippen LogP contribution in [0.4, 0.5) is 13.2 Å². The van der Waals surface area contributed by atoms with Crippen molar-refractivity contribution < 1.29 is 23.4 Å². The van der Waals surface area contributed by atoms with Gasteiger partial charge in [-0.3, -0.25) is 0 Å². The molecule has 3 aromatic rings. The van der Waals surface area contributed by atoms with E-state index in [-0.39, 0.29) is 29.2 Å². The topological polar surface area (TPSA) is 71.2 Å². The molecule has 0 spiro atoms. The first-order valence-corrected chi connectivity index (χ1v) is 8.98. The maximum absolute atomic E-state index is 12.9. The van der Waals surface area contributed by atoms with Crippen molar-refractivity contribution in [2.45, 2.75) is 38.9 Å². The molecule has 0 amide bonds. The number of fused-ring (bicyclic) bond motifs is 1. The molecular formula is C20H20F3N3O2. The van der Waals surface area contributed by atoms with Crippen LogP contribution in [0.5, 0.6) is 5.75 Å². The third-order valence-electron chi connectivity index (χ3n) is 5.59. The van der Waals surface area contributed by atoms with Crippen LogP contribution in [0.15, 0.2) is 30.5 Å². The number of rotatable bonds is 3. The second-order valence-electron chi connectivity index (χ2n) is 7.95. The highest BCUT2D eigenvalue weighted by atomic mass is 19.4. The number of aliphatic hydroxyl groups excluding tert-OH is 1. The van der Waals surface area contributed by atoms with Crippen LogP contribution in [-0.2, 0) is 6.18 Å². The van der Waals surface area contributed by atoms with Gasteiger partial charge in [0.15, 0.2) is 5.65 Å². The Balaban J connectivity index is 1.70. The summed E-state index contributed by atoms with van der Waals surface area (Å²) in [6.45, 7) is 3.69. The first-order valence-electron chi connectivity index (χ1n) is 8.98. The summed E-state index contributed by atoms with van der Waals surface area (Å²) in [5.41, 5.74) is 0.547. The highest BCUT2D eigenvalue weighted by molar-refractivity contribution is 5.82. The maximum atomic E-state index is 12.9. The van der Waals surface area contributed by atoms with E-state index in [9.17, 15) is 23.4 Å². The van der Waals surface area contributed by atoms with Gasteiger partial charge >= 0.3 is 6.18 Å². The number of alkyl halides is 3. The SMILES string of the molecule is Cc1cc(C(F)(F)F)cc(O)c1-c1cc2ccn(C3CC(C)(CO)C3)c2nn1. The van der Waals surface area contributed by atoms with Crippen molar-refractivity contribution in [2.24, 2.45) is 5.41 Å². The lowest BCUT2D eigenvalue weighted by Crippen LogP contribution is -2.38. The molecule has 1 aliphatic rings. The molecule has 2 N–H and O–H groups in total. The number of halogens is 3. The lowest BCUT2D eigenvalue weighted by molar-refractivity contribution is -0.137. The monoisotopic (exact) mass is 391 g/mol. The molecule has 0 radical (unpaired) electrons. The van der Waals surface area contributed by atoms with Crippen LogP contribution in [0, 0.1) is 12.3 Å². The van der Waals surface area contributed by atoms with E-state index in [4.69, 9.17) is 0 Å². The molecule has 2 heterocycles. The lowest BCUT2D eigenvalue weighted by atomic mass is 9.67. The Kier molecular flexibility index (Phi) is 4.15. The number of hydrogen-bond donors (Lipinski definition) is 2. The summed E-state index contributed by atoms with van der Waals surface area (Å²) < 4.78 is 40.8. The Labute approximate surface area is 159 Å². The molecule has 1 fully saturated rings.